The predicted molar refractivity (Wildman–Crippen MR) is 37.0 cm³/mol. The number of aliphatic hydroxyl groups is 1. The summed E-state index contributed by atoms with van der Waals surface area (Å²) in [6.07, 6.45) is 2.17. The summed E-state index contributed by atoms with van der Waals surface area (Å²) in [6.45, 7) is 6.18. The number of hydrogen-bond acceptors (Lipinski definition) is 3. The maximum absolute atomic E-state index is 9.86. The molecule has 0 saturated heterocycles. The van der Waals surface area contributed by atoms with Crippen molar-refractivity contribution in [1.82, 2.24) is 0 Å². The number of hydrogen-bond donors (Lipinski definition) is 1. The van der Waals surface area contributed by atoms with Gasteiger partial charge in [-0.15, -0.1) is 0 Å². The third-order valence-corrected chi connectivity index (χ3v) is 0.703. The molecule has 0 aliphatic carbocycles. The van der Waals surface area contributed by atoms with Crippen molar-refractivity contribution >= 4 is 0 Å². The number of allylic oxidation sites excluding steroid dienone is 2. The molecule has 0 fully saturated rings. The van der Waals surface area contributed by atoms with Gasteiger partial charge in [0.25, 0.3) is 5.70 Å². The van der Waals surface area contributed by atoms with Crippen LogP contribution >= 0.6 is 0 Å². The van der Waals surface area contributed by atoms with E-state index >= 15 is 0 Å². The summed E-state index contributed by atoms with van der Waals surface area (Å²) in [6, 6.07) is 0. The highest BCUT2D eigenvalue weighted by Gasteiger charge is 1.98. The number of rotatable bonds is 3. The summed E-state index contributed by atoms with van der Waals surface area (Å²) >= 11 is 0. The Hall–Kier alpha value is -1.58. The summed E-state index contributed by atoms with van der Waals surface area (Å²) < 4.78 is 0. The molecule has 54 valence electrons. The second-order valence-electron chi connectivity index (χ2n) is 1.57. The molecule has 0 saturated carbocycles. The zero-order chi connectivity index (χ0) is 8.15. The van der Waals surface area contributed by atoms with Gasteiger partial charge >= 0.3 is 0 Å². The Morgan fingerprint density at radius 3 is 2.30 bits per heavy atom. The zero-order valence-electron chi connectivity index (χ0n) is 5.28. The highest BCUT2D eigenvalue weighted by Crippen LogP contribution is 1.95. The maximum Gasteiger partial charge on any atom is 0.262 e. The summed E-state index contributed by atoms with van der Waals surface area (Å²) in [5.41, 5.74) is -0.282. The maximum atomic E-state index is 9.86. The molecule has 0 bridgehead atoms. The Bertz CT molecular complexity index is 205. The molecule has 0 aliphatic rings. The number of nitro groups is 1. The number of nitrogens with zero attached hydrogens (tertiary/aromatic N) is 1. The monoisotopic (exact) mass is 141 g/mol. The van der Waals surface area contributed by atoms with Crippen LogP contribution in [0.4, 0.5) is 0 Å². The van der Waals surface area contributed by atoms with Gasteiger partial charge in [0, 0.05) is 6.08 Å². The van der Waals surface area contributed by atoms with E-state index in [4.69, 9.17) is 5.11 Å². The molecular weight excluding hydrogens is 134 g/mol. The first-order valence-corrected chi connectivity index (χ1v) is 2.43. The first kappa shape index (κ1) is 8.42. The fourth-order valence-electron chi connectivity index (χ4n) is 0.253. The molecule has 1 N–H and O–H groups in total. The van der Waals surface area contributed by atoms with Crippen LogP contribution in [0.15, 0.2) is 36.8 Å². The van der Waals surface area contributed by atoms with Crippen molar-refractivity contribution in [3.05, 3.63) is 46.9 Å². The van der Waals surface area contributed by atoms with Gasteiger partial charge in [0.2, 0.25) is 0 Å². The van der Waals surface area contributed by atoms with E-state index in [0.29, 0.717) is 0 Å². The van der Waals surface area contributed by atoms with Gasteiger partial charge in [0.15, 0.2) is 0 Å². The van der Waals surface area contributed by atoms with E-state index in [1.807, 2.05) is 0 Å². The minimum absolute atomic E-state index is 0.233. The molecule has 0 aromatic rings. The average molecular weight is 141 g/mol. The highest BCUT2D eigenvalue weighted by atomic mass is 16.6. The molecule has 0 rings (SSSR count). The Morgan fingerprint density at radius 2 is 2.00 bits per heavy atom. The molecule has 0 atom stereocenters. The van der Waals surface area contributed by atoms with E-state index in [-0.39, 0.29) is 11.5 Å². The summed E-state index contributed by atoms with van der Waals surface area (Å²) in [4.78, 5) is 9.20. The molecule has 0 spiro atoms. The van der Waals surface area contributed by atoms with Gasteiger partial charge in [-0.3, -0.25) is 10.1 Å². The van der Waals surface area contributed by atoms with Crippen LogP contribution in [0.25, 0.3) is 0 Å². The third kappa shape index (κ3) is 3.43. The normalized spacial score (nSPS) is 9.60. The SMILES string of the molecule is C=C(O)/C=C\C(=C)[N+](=O)[O-]. The first-order valence-electron chi connectivity index (χ1n) is 2.43. The second-order valence-corrected chi connectivity index (χ2v) is 1.57. The molecule has 0 aromatic carbocycles. The standard InChI is InChI=1S/C6H7NO3/c1-5(7(9)10)3-4-6(2)8/h3-4,8H,1-2H2/b4-3-. The van der Waals surface area contributed by atoms with Crippen LogP contribution in [0.1, 0.15) is 0 Å². The molecule has 0 aliphatic heterocycles. The van der Waals surface area contributed by atoms with E-state index in [1.165, 1.54) is 0 Å². The van der Waals surface area contributed by atoms with Gasteiger partial charge in [-0.1, -0.05) is 6.58 Å². The van der Waals surface area contributed by atoms with Crippen molar-refractivity contribution in [2.75, 3.05) is 0 Å². The molecule has 0 heterocycles. The van der Waals surface area contributed by atoms with Gasteiger partial charge in [-0.2, -0.15) is 0 Å². The fraction of sp³-hybridized carbons (Fsp3) is 0. The molecular formula is C6H7NO3. The quantitative estimate of drug-likeness (QED) is 0.279. The van der Waals surface area contributed by atoms with Crippen LogP contribution in [-0.2, 0) is 0 Å². The second kappa shape index (κ2) is 3.45. The van der Waals surface area contributed by atoms with E-state index in [0.717, 1.165) is 12.2 Å². The Kier molecular flexibility index (Phi) is 2.90. The fourth-order valence-corrected chi connectivity index (χ4v) is 0.253. The lowest BCUT2D eigenvalue weighted by Gasteiger charge is -1.85. The van der Waals surface area contributed by atoms with Crippen LogP contribution in [0.5, 0.6) is 0 Å². The Balaban J connectivity index is 4.03. The lowest BCUT2D eigenvalue weighted by Crippen LogP contribution is -1.92. The van der Waals surface area contributed by atoms with Crippen molar-refractivity contribution in [3.8, 4) is 0 Å². The predicted octanol–water partition coefficient (Wildman–Crippen LogP) is 1.40. The summed E-state index contributed by atoms with van der Waals surface area (Å²) in [5.74, 6) is -0.233. The van der Waals surface area contributed by atoms with E-state index < -0.39 is 4.92 Å². The van der Waals surface area contributed by atoms with Crippen molar-refractivity contribution in [2.45, 2.75) is 0 Å². The summed E-state index contributed by atoms with van der Waals surface area (Å²) in [5, 5.41) is 18.3. The minimum Gasteiger partial charge on any atom is -0.509 e. The van der Waals surface area contributed by atoms with E-state index in [1.54, 1.807) is 0 Å². The molecule has 10 heavy (non-hydrogen) atoms. The van der Waals surface area contributed by atoms with Crippen LogP contribution in [0.2, 0.25) is 0 Å². The smallest absolute Gasteiger partial charge is 0.262 e. The van der Waals surface area contributed by atoms with E-state index in [2.05, 4.69) is 13.2 Å². The number of aliphatic hydroxyl groups excluding tert-OH is 1. The third-order valence-electron chi connectivity index (χ3n) is 0.703. The molecule has 0 radical (unpaired) electrons. The topological polar surface area (TPSA) is 63.4 Å². The van der Waals surface area contributed by atoms with Crippen LogP contribution in [0, 0.1) is 10.1 Å². The zero-order valence-corrected chi connectivity index (χ0v) is 5.28. The lowest BCUT2D eigenvalue weighted by molar-refractivity contribution is -0.418. The van der Waals surface area contributed by atoms with Gasteiger partial charge in [-0.05, 0) is 12.7 Å². The molecule has 4 heteroatoms. The van der Waals surface area contributed by atoms with Crippen LogP contribution in [-0.4, -0.2) is 10.0 Å². The average Bonchev–Trinajstić information content (AvgIpc) is 1.82. The lowest BCUT2D eigenvalue weighted by atomic mass is 10.4. The van der Waals surface area contributed by atoms with Crippen molar-refractivity contribution in [3.63, 3.8) is 0 Å². The largest absolute Gasteiger partial charge is 0.509 e. The van der Waals surface area contributed by atoms with Crippen LogP contribution < -0.4 is 0 Å². The highest BCUT2D eigenvalue weighted by molar-refractivity contribution is 5.15. The van der Waals surface area contributed by atoms with Crippen LogP contribution in [0.3, 0.4) is 0 Å². The van der Waals surface area contributed by atoms with Gasteiger partial charge in [0.1, 0.15) is 5.76 Å². The van der Waals surface area contributed by atoms with Crippen molar-refractivity contribution in [2.24, 2.45) is 0 Å². The Labute approximate surface area is 57.9 Å². The van der Waals surface area contributed by atoms with Gasteiger partial charge in [-0.25, -0.2) is 0 Å². The van der Waals surface area contributed by atoms with E-state index in [9.17, 15) is 10.1 Å². The van der Waals surface area contributed by atoms with Gasteiger partial charge < -0.3 is 5.11 Å². The van der Waals surface area contributed by atoms with Gasteiger partial charge in [0.05, 0.1) is 4.92 Å². The van der Waals surface area contributed by atoms with Crippen molar-refractivity contribution in [1.29, 1.82) is 0 Å². The van der Waals surface area contributed by atoms with Crippen molar-refractivity contribution < 1.29 is 10.0 Å². The summed E-state index contributed by atoms with van der Waals surface area (Å²) in [7, 11) is 0. The molecule has 0 unspecified atom stereocenters. The Morgan fingerprint density at radius 1 is 1.50 bits per heavy atom. The molecule has 4 nitrogen and oxygen atoms in total. The molecule has 0 aromatic heterocycles. The minimum atomic E-state index is -0.653. The first-order chi connectivity index (χ1) is 4.54. The molecule has 0 amide bonds.